The highest BCUT2D eigenvalue weighted by Crippen LogP contribution is 2.25. The third kappa shape index (κ3) is 4.71. The molecule has 1 saturated heterocycles. The van der Waals surface area contributed by atoms with Crippen LogP contribution in [0, 0.1) is 6.92 Å². The Labute approximate surface area is 135 Å². The summed E-state index contributed by atoms with van der Waals surface area (Å²) in [6.45, 7) is 4.15. The van der Waals surface area contributed by atoms with Crippen molar-refractivity contribution in [2.24, 2.45) is 0 Å². The number of nitrogens with one attached hydrogen (secondary N) is 1. The van der Waals surface area contributed by atoms with Crippen molar-refractivity contribution in [1.82, 2.24) is 10.2 Å². The molecule has 1 aliphatic rings. The van der Waals surface area contributed by atoms with Gasteiger partial charge in [0.25, 0.3) is 0 Å². The summed E-state index contributed by atoms with van der Waals surface area (Å²) in [6.07, 6.45) is 2.50. The van der Waals surface area contributed by atoms with Gasteiger partial charge in [-0.1, -0.05) is 6.07 Å². The number of benzene rings is 1. The number of carbonyl (C=O) groups excluding carboxylic acids is 1. The third-order valence-electron chi connectivity index (χ3n) is 3.92. The molecule has 0 aliphatic carbocycles. The van der Waals surface area contributed by atoms with Gasteiger partial charge >= 0.3 is 0 Å². The van der Waals surface area contributed by atoms with Gasteiger partial charge in [0.1, 0.15) is 5.75 Å². The minimum Gasteiger partial charge on any atom is -0.492 e. The Morgan fingerprint density at radius 2 is 2.14 bits per heavy atom. The van der Waals surface area contributed by atoms with Crippen LogP contribution in [-0.4, -0.2) is 43.6 Å². The summed E-state index contributed by atoms with van der Waals surface area (Å²) in [5.74, 6) is 0.982. The van der Waals surface area contributed by atoms with Gasteiger partial charge in [0, 0.05) is 19.1 Å². The van der Waals surface area contributed by atoms with Gasteiger partial charge in [-0.15, -0.1) is 0 Å². The first-order valence-electron chi connectivity index (χ1n) is 7.44. The van der Waals surface area contributed by atoms with Crippen LogP contribution in [0.15, 0.2) is 22.7 Å². The molecule has 0 saturated carbocycles. The lowest BCUT2D eigenvalue weighted by molar-refractivity contribution is -0.132. The second-order valence-corrected chi connectivity index (χ2v) is 6.33. The van der Waals surface area contributed by atoms with E-state index >= 15 is 0 Å². The van der Waals surface area contributed by atoms with Crippen LogP contribution in [0.1, 0.15) is 24.8 Å². The number of likely N-dealkylation sites (tertiary alicyclic amines) is 1. The van der Waals surface area contributed by atoms with E-state index in [4.69, 9.17) is 4.74 Å². The second-order valence-electron chi connectivity index (χ2n) is 5.48. The highest BCUT2D eigenvalue weighted by molar-refractivity contribution is 9.10. The van der Waals surface area contributed by atoms with Crippen LogP contribution in [0.2, 0.25) is 0 Å². The summed E-state index contributed by atoms with van der Waals surface area (Å²) >= 11 is 3.48. The maximum Gasteiger partial charge on any atom is 0.225 e. The smallest absolute Gasteiger partial charge is 0.225 e. The lowest BCUT2D eigenvalue weighted by atomic mass is 10.1. The molecular weight excluding hydrogens is 332 g/mol. The van der Waals surface area contributed by atoms with Crippen molar-refractivity contribution >= 4 is 21.8 Å². The van der Waals surface area contributed by atoms with Crippen molar-refractivity contribution in [3.05, 3.63) is 28.2 Å². The summed E-state index contributed by atoms with van der Waals surface area (Å²) < 4.78 is 6.62. The van der Waals surface area contributed by atoms with Crippen molar-refractivity contribution in [3.8, 4) is 5.75 Å². The predicted molar refractivity (Wildman–Crippen MR) is 87.7 cm³/mol. The number of hydrogen-bond donors (Lipinski definition) is 1. The number of hydrogen-bond acceptors (Lipinski definition) is 3. The van der Waals surface area contributed by atoms with E-state index in [2.05, 4.69) is 21.2 Å². The van der Waals surface area contributed by atoms with Crippen LogP contribution in [0.4, 0.5) is 0 Å². The molecular formula is C16H23BrN2O2. The van der Waals surface area contributed by atoms with Crippen LogP contribution in [0.5, 0.6) is 5.75 Å². The molecule has 0 radical (unpaired) electrons. The average Bonchev–Trinajstić information content (AvgIpc) is 2.49. The number of aryl methyl sites for hydroxylation is 1. The summed E-state index contributed by atoms with van der Waals surface area (Å²) in [4.78, 5) is 14.1. The number of halogens is 1. The zero-order valence-electron chi connectivity index (χ0n) is 12.7. The van der Waals surface area contributed by atoms with Crippen molar-refractivity contribution in [2.75, 3.05) is 26.7 Å². The maximum absolute atomic E-state index is 12.1. The average molecular weight is 355 g/mol. The number of carbonyl (C=O) groups is 1. The normalized spacial score (nSPS) is 16.0. The van der Waals surface area contributed by atoms with Crippen molar-refractivity contribution in [2.45, 2.75) is 32.2 Å². The predicted octanol–water partition coefficient (Wildman–Crippen LogP) is 2.74. The van der Waals surface area contributed by atoms with E-state index in [0.717, 1.165) is 36.2 Å². The van der Waals surface area contributed by atoms with E-state index in [9.17, 15) is 4.79 Å². The molecule has 1 heterocycles. The number of ether oxygens (including phenoxy) is 1. The minimum atomic E-state index is 0.188. The summed E-state index contributed by atoms with van der Waals surface area (Å²) in [6, 6.07) is 6.50. The number of rotatable bonds is 5. The van der Waals surface area contributed by atoms with Crippen molar-refractivity contribution < 1.29 is 9.53 Å². The lowest BCUT2D eigenvalue weighted by Gasteiger charge is -2.31. The molecule has 1 amide bonds. The summed E-state index contributed by atoms with van der Waals surface area (Å²) in [5, 5.41) is 3.27. The Morgan fingerprint density at radius 3 is 2.76 bits per heavy atom. The second kappa shape index (κ2) is 7.80. The van der Waals surface area contributed by atoms with E-state index in [1.54, 1.807) is 0 Å². The molecule has 0 aromatic heterocycles. The number of amides is 1. The SMILES string of the molecule is CNC1CCN(C(=O)CCOc2ccc(C)cc2Br)CC1. The van der Waals surface area contributed by atoms with E-state index in [1.165, 1.54) is 5.56 Å². The Bertz CT molecular complexity index is 485. The van der Waals surface area contributed by atoms with Crippen LogP contribution >= 0.6 is 15.9 Å². The molecule has 1 fully saturated rings. The molecule has 1 aliphatic heterocycles. The molecule has 0 unspecified atom stereocenters. The van der Waals surface area contributed by atoms with Gasteiger partial charge in [0.05, 0.1) is 17.5 Å². The Kier molecular flexibility index (Phi) is 6.06. The first kappa shape index (κ1) is 16.3. The monoisotopic (exact) mass is 354 g/mol. The zero-order valence-corrected chi connectivity index (χ0v) is 14.3. The van der Waals surface area contributed by atoms with Gasteiger partial charge in [0.15, 0.2) is 0 Å². The van der Waals surface area contributed by atoms with Gasteiger partial charge < -0.3 is 15.0 Å². The molecule has 5 heteroatoms. The van der Waals surface area contributed by atoms with Crippen LogP contribution in [-0.2, 0) is 4.79 Å². The van der Waals surface area contributed by atoms with E-state index in [1.807, 2.05) is 37.1 Å². The largest absolute Gasteiger partial charge is 0.492 e. The van der Waals surface area contributed by atoms with Gasteiger partial charge in [-0.2, -0.15) is 0 Å². The van der Waals surface area contributed by atoms with E-state index in [-0.39, 0.29) is 5.91 Å². The summed E-state index contributed by atoms with van der Waals surface area (Å²) in [7, 11) is 1.98. The lowest BCUT2D eigenvalue weighted by Crippen LogP contribution is -2.44. The van der Waals surface area contributed by atoms with Crippen molar-refractivity contribution in [3.63, 3.8) is 0 Å². The molecule has 4 nitrogen and oxygen atoms in total. The fraction of sp³-hybridized carbons (Fsp3) is 0.562. The Balaban J connectivity index is 1.74. The quantitative estimate of drug-likeness (QED) is 0.883. The maximum atomic E-state index is 12.1. The minimum absolute atomic E-state index is 0.188. The molecule has 1 N–H and O–H groups in total. The molecule has 2 rings (SSSR count). The van der Waals surface area contributed by atoms with E-state index in [0.29, 0.717) is 19.1 Å². The first-order chi connectivity index (χ1) is 10.1. The number of piperidine rings is 1. The first-order valence-corrected chi connectivity index (χ1v) is 8.23. The van der Waals surface area contributed by atoms with Crippen LogP contribution < -0.4 is 10.1 Å². The number of nitrogens with zero attached hydrogens (tertiary/aromatic N) is 1. The summed E-state index contributed by atoms with van der Waals surface area (Å²) in [5.41, 5.74) is 1.18. The third-order valence-corrected chi connectivity index (χ3v) is 4.54. The molecule has 116 valence electrons. The van der Waals surface area contributed by atoms with Gasteiger partial charge in [-0.25, -0.2) is 0 Å². The highest BCUT2D eigenvalue weighted by atomic mass is 79.9. The zero-order chi connectivity index (χ0) is 15.2. The van der Waals surface area contributed by atoms with Gasteiger partial charge in [-0.05, 0) is 60.4 Å². The standard InChI is InChI=1S/C16H23BrN2O2/c1-12-3-4-15(14(17)11-12)21-10-7-16(20)19-8-5-13(18-2)6-9-19/h3-4,11,13,18H,5-10H2,1-2H3. The van der Waals surface area contributed by atoms with Gasteiger partial charge in [0.2, 0.25) is 5.91 Å². The molecule has 1 aromatic rings. The molecule has 0 atom stereocenters. The van der Waals surface area contributed by atoms with Gasteiger partial charge in [-0.3, -0.25) is 4.79 Å². The van der Waals surface area contributed by atoms with E-state index < -0.39 is 0 Å². The van der Waals surface area contributed by atoms with Crippen LogP contribution in [0.25, 0.3) is 0 Å². The fourth-order valence-electron chi connectivity index (χ4n) is 2.55. The molecule has 0 bridgehead atoms. The fourth-order valence-corrected chi connectivity index (χ4v) is 3.15. The molecule has 21 heavy (non-hydrogen) atoms. The molecule has 0 spiro atoms. The van der Waals surface area contributed by atoms with Crippen LogP contribution in [0.3, 0.4) is 0 Å². The topological polar surface area (TPSA) is 41.6 Å². The molecule has 1 aromatic carbocycles. The Hall–Kier alpha value is -1.07. The highest BCUT2D eigenvalue weighted by Gasteiger charge is 2.21. The Morgan fingerprint density at radius 1 is 1.43 bits per heavy atom. The van der Waals surface area contributed by atoms with Crippen molar-refractivity contribution in [1.29, 1.82) is 0 Å².